The van der Waals surface area contributed by atoms with Crippen molar-refractivity contribution in [3.05, 3.63) is 89.8 Å². The molecule has 4 rings (SSSR count). The molecule has 0 bridgehead atoms. The standard InChI is InChI=1S/C24H17N3O6S/c28-21(25-15-11-13-18(14-12-15)32-16-7-3-1-4-8-16)19-20(26-22(29)23(30)31)27-24(34-19)33-17-9-5-2-6-10-17/h1-14H,(H,25,28)(H,26,29)(H,30,31). The van der Waals surface area contributed by atoms with Gasteiger partial charge in [-0.25, -0.2) is 4.79 Å². The Kier molecular flexibility index (Phi) is 6.80. The highest BCUT2D eigenvalue weighted by atomic mass is 32.1. The molecule has 0 atom stereocenters. The minimum atomic E-state index is -1.71. The fourth-order valence-corrected chi connectivity index (χ4v) is 3.54. The Hall–Kier alpha value is -4.70. The van der Waals surface area contributed by atoms with Crippen LogP contribution in [0.1, 0.15) is 9.67 Å². The molecule has 0 unspecified atom stereocenters. The van der Waals surface area contributed by atoms with E-state index in [-0.39, 0.29) is 15.9 Å². The number of ether oxygens (including phenoxy) is 2. The van der Waals surface area contributed by atoms with Crippen LogP contribution in [-0.2, 0) is 9.59 Å². The van der Waals surface area contributed by atoms with Gasteiger partial charge in [-0.3, -0.25) is 14.9 Å². The number of hydrogen-bond acceptors (Lipinski definition) is 7. The molecule has 4 aromatic rings. The maximum atomic E-state index is 12.9. The topological polar surface area (TPSA) is 127 Å². The van der Waals surface area contributed by atoms with E-state index in [1.165, 1.54) is 0 Å². The van der Waals surface area contributed by atoms with Crippen molar-refractivity contribution < 1.29 is 29.0 Å². The number of thiazole rings is 1. The number of anilines is 2. The van der Waals surface area contributed by atoms with Gasteiger partial charge in [0.05, 0.1) is 0 Å². The second-order valence-electron chi connectivity index (χ2n) is 6.73. The molecule has 3 N–H and O–H groups in total. The maximum Gasteiger partial charge on any atom is 0.394 e. The van der Waals surface area contributed by atoms with Gasteiger partial charge in [-0.1, -0.05) is 47.7 Å². The zero-order chi connectivity index (χ0) is 23.9. The number of benzene rings is 3. The Labute approximate surface area is 197 Å². The number of para-hydroxylation sites is 2. The van der Waals surface area contributed by atoms with Crippen LogP contribution >= 0.6 is 11.3 Å². The van der Waals surface area contributed by atoms with E-state index in [1.54, 1.807) is 48.5 Å². The summed E-state index contributed by atoms with van der Waals surface area (Å²) in [4.78, 5) is 39.6. The quantitative estimate of drug-likeness (QED) is 0.321. The molecule has 0 aliphatic heterocycles. The Morgan fingerprint density at radius 3 is 1.88 bits per heavy atom. The molecule has 0 aliphatic carbocycles. The van der Waals surface area contributed by atoms with Gasteiger partial charge in [-0.15, -0.1) is 0 Å². The monoisotopic (exact) mass is 475 g/mol. The lowest BCUT2D eigenvalue weighted by atomic mass is 10.3. The number of rotatable bonds is 7. The highest BCUT2D eigenvalue weighted by Gasteiger charge is 2.23. The molecule has 34 heavy (non-hydrogen) atoms. The van der Waals surface area contributed by atoms with Crippen molar-refractivity contribution in [2.75, 3.05) is 10.6 Å². The van der Waals surface area contributed by atoms with Crippen molar-refractivity contribution in [1.29, 1.82) is 0 Å². The normalized spacial score (nSPS) is 10.2. The predicted molar refractivity (Wildman–Crippen MR) is 126 cm³/mol. The summed E-state index contributed by atoms with van der Waals surface area (Å²) in [5, 5.41) is 13.8. The SMILES string of the molecule is O=C(O)C(=O)Nc1nc(Oc2ccccc2)sc1C(=O)Nc1ccc(Oc2ccccc2)cc1. The van der Waals surface area contributed by atoms with Crippen LogP contribution in [0.5, 0.6) is 22.4 Å². The number of aromatic nitrogens is 1. The van der Waals surface area contributed by atoms with E-state index in [0.717, 1.165) is 11.3 Å². The minimum absolute atomic E-state index is 0.0230. The second kappa shape index (κ2) is 10.3. The summed E-state index contributed by atoms with van der Waals surface area (Å²) in [6, 6.07) is 24.6. The van der Waals surface area contributed by atoms with Gasteiger partial charge in [0.25, 0.3) is 11.1 Å². The molecule has 9 nitrogen and oxygen atoms in total. The number of aliphatic carboxylic acids is 1. The first-order chi connectivity index (χ1) is 16.5. The number of amides is 2. The summed E-state index contributed by atoms with van der Waals surface area (Å²) in [7, 11) is 0. The van der Waals surface area contributed by atoms with Crippen LogP contribution in [0.3, 0.4) is 0 Å². The average Bonchev–Trinajstić information content (AvgIpc) is 3.23. The van der Waals surface area contributed by atoms with Gasteiger partial charge in [-0.2, -0.15) is 4.98 Å². The number of hydrogen-bond donors (Lipinski definition) is 3. The lowest BCUT2D eigenvalue weighted by Gasteiger charge is -2.08. The summed E-state index contributed by atoms with van der Waals surface area (Å²) in [5.74, 6) is -2.13. The van der Waals surface area contributed by atoms with Crippen molar-refractivity contribution in [2.24, 2.45) is 0 Å². The molecule has 3 aromatic carbocycles. The molecule has 0 aliphatic rings. The molecule has 1 aromatic heterocycles. The average molecular weight is 475 g/mol. The lowest BCUT2D eigenvalue weighted by Crippen LogP contribution is -2.23. The summed E-state index contributed by atoms with van der Waals surface area (Å²) in [5.41, 5.74) is 0.458. The largest absolute Gasteiger partial charge is 0.474 e. The van der Waals surface area contributed by atoms with E-state index < -0.39 is 17.8 Å². The Morgan fingerprint density at radius 2 is 1.29 bits per heavy atom. The second-order valence-corrected chi connectivity index (χ2v) is 7.69. The molecule has 0 spiro atoms. The van der Waals surface area contributed by atoms with Gasteiger partial charge in [0.2, 0.25) is 0 Å². The zero-order valence-electron chi connectivity index (χ0n) is 17.4. The number of carboxylic acids is 1. The summed E-state index contributed by atoms with van der Waals surface area (Å²) in [6.07, 6.45) is 0. The Bertz CT molecular complexity index is 1310. The maximum absolute atomic E-state index is 12.9. The smallest absolute Gasteiger partial charge is 0.394 e. The number of nitrogens with zero attached hydrogens (tertiary/aromatic N) is 1. The van der Waals surface area contributed by atoms with Crippen LogP contribution in [-0.4, -0.2) is 27.9 Å². The number of carboxylic acid groups (broad SMARTS) is 1. The summed E-state index contributed by atoms with van der Waals surface area (Å²) < 4.78 is 11.4. The minimum Gasteiger partial charge on any atom is -0.474 e. The van der Waals surface area contributed by atoms with E-state index in [9.17, 15) is 14.4 Å². The Balaban J connectivity index is 1.51. The van der Waals surface area contributed by atoms with Crippen molar-refractivity contribution in [2.45, 2.75) is 0 Å². The third kappa shape index (κ3) is 5.75. The van der Waals surface area contributed by atoms with E-state index in [4.69, 9.17) is 14.6 Å². The molecule has 0 saturated carbocycles. The number of nitrogens with one attached hydrogen (secondary N) is 2. The highest BCUT2D eigenvalue weighted by Crippen LogP contribution is 2.33. The predicted octanol–water partition coefficient (Wildman–Crippen LogP) is 5.00. The van der Waals surface area contributed by atoms with Crippen molar-refractivity contribution in [3.63, 3.8) is 0 Å². The van der Waals surface area contributed by atoms with Gasteiger partial charge in [0, 0.05) is 5.69 Å². The van der Waals surface area contributed by atoms with E-state index in [2.05, 4.69) is 15.6 Å². The Morgan fingerprint density at radius 1 is 0.735 bits per heavy atom. The highest BCUT2D eigenvalue weighted by molar-refractivity contribution is 7.16. The van der Waals surface area contributed by atoms with Crippen molar-refractivity contribution in [3.8, 4) is 22.4 Å². The van der Waals surface area contributed by atoms with Gasteiger partial charge < -0.3 is 19.9 Å². The molecular weight excluding hydrogens is 458 g/mol. The number of carbonyl (C=O) groups excluding carboxylic acids is 2. The first-order valence-electron chi connectivity index (χ1n) is 9.90. The van der Waals surface area contributed by atoms with Crippen molar-refractivity contribution in [1.82, 2.24) is 4.98 Å². The molecule has 170 valence electrons. The van der Waals surface area contributed by atoms with Gasteiger partial charge in [-0.05, 0) is 48.5 Å². The molecule has 0 saturated heterocycles. The number of carbonyl (C=O) groups is 3. The van der Waals surface area contributed by atoms with Gasteiger partial charge in [0.15, 0.2) is 5.82 Å². The fraction of sp³-hybridized carbons (Fsp3) is 0. The fourth-order valence-electron chi connectivity index (χ4n) is 2.75. The van der Waals surface area contributed by atoms with Crippen LogP contribution < -0.4 is 20.1 Å². The van der Waals surface area contributed by atoms with Crippen LogP contribution in [0.4, 0.5) is 11.5 Å². The van der Waals surface area contributed by atoms with Crippen LogP contribution in [0.2, 0.25) is 0 Å². The first-order valence-corrected chi connectivity index (χ1v) is 10.7. The summed E-state index contributed by atoms with van der Waals surface area (Å²) in [6.45, 7) is 0. The van der Waals surface area contributed by atoms with E-state index in [1.807, 2.05) is 36.4 Å². The molecule has 0 fully saturated rings. The first kappa shape index (κ1) is 22.5. The summed E-state index contributed by atoms with van der Waals surface area (Å²) >= 11 is 0.863. The third-order valence-corrected chi connectivity index (χ3v) is 5.21. The third-order valence-electron chi connectivity index (χ3n) is 4.28. The van der Waals surface area contributed by atoms with Crippen LogP contribution in [0.15, 0.2) is 84.9 Å². The molecule has 2 amide bonds. The molecule has 10 heteroatoms. The lowest BCUT2D eigenvalue weighted by molar-refractivity contribution is -0.147. The van der Waals surface area contributed by atoms with Gasteiger partial charge in [0.1, 0.15) is 22.1 Å². The van der Waals surface area contributed by atoms with E-state index in [0.29, 0.717) is 22.9 Å². The zero-order valence-corrected chi connectivity index (χ0v) is 18.2. The van der Waals surface area contributed by atoms with E-state index >= 15 is 0 Å². The molecule has 0 radical (unpaired) electrons. The molecule has 1 heterocycles. The van der Waals surface area contributed by atoms with Gasteiger partial charge >= 0.3 is 11.9 Å². The van der Waals surface area contributed by atoms with Crippen LogP contribution in [0.25, 0.3) is 0 Å². The van der Waals surface area contributed by atoms with Crippen molar-refractivity contribution >= 4 is 40.6 Å². The molecular formula is C24H17N3O6S. The van der Waals surface area contributed by atoms with Crippen LogP contribution in [0, 0.1) is 0 Å².